The van der Waals surface area contributed by atoms with Gasteiger partial charge in [0.1, 0.15) is 0 Å². The normalized spacial score (nSPS) is 22.6. The third-order valence-corrected chi connectivity index (χ3v) is 8.11. The molecule has 0 bridgehead atoms. The summed E-state index contributed by atoms with van der Waals surface area (Å²) in [7, 11) is 0. The molecule has 6 heteroatoms. The van der Waals surface area contributed by atoms with E-state index in [1.165, 1.54) is 69.2 Å². The van der Waals surface area contributed by atoms with Crippen molar-refractivity contribution in [3.63, 3.8) is 0 Å². The van der Waals surface area contributed by atoms with Crippen LogP contribution in [-0.2, 0) is 6.54 Å². The van der Waals surface area contributed by atoms with E-state index in [1.807, 2.05) is 28.8 Å². The summed E-state index contributed by atoms with van der Waals surface area (Å²) in [5.41, 5.74) is 3.25. The van der Waals surface area contributed by atoms with Gasteiger partial charge in [-0.15, -0.1) is 0 Å². The summed E-state index contributed by atoms with van der Waals surface area (Å²) in [4.78, 5) is 23.6. The summed E-state index contributed by atoms with van der Waals surface area (Å²) < 4.78 is 0. The second-order valence-corrected chi connectivity index (χ2v) is 10.3. The summed E-state index contributed by atoms with van der Waals surface area (Å²) in [6.07, 6.45) is 8.94. The predicted molar refractivity (Wildman–Crippen MR) is 125 cm³/mol. The van der Waals surface area contributed by atoms with Crippen molar-refractivity contribution in [1.29, 1.82) is 0 Å². The monoisotopic (exact) mass is 426 g/mol. The molecule has 3 aliphatic rings. The van der Waals surface area contributed by atoms with Crippen LogP contribution in [0.4, 0.5) is 0 Å². The minimum Gasteiger partial charge on any atom is -0.361 e. The number of nitrogens with zero attached hydrogens (tertiary/aromatic N) is 3. The average Bonchev–Trinajstić information content (AvgIpc) is 3.22. The number of H-pyrrole nitrogens is 1. The van der Waals surface area contributed by atoms with E-state index in [9.17, 15) is 4.79 Å². The molecule has 2 aromatic rings. The van der Waals surface area contributed by atoms with E-state index in [2.05, 4.69) is 27.0 Å². The SMILES string of the molecule is O=C(c1ccc2c(CN3CCC(N4CCCCC4)CC3)c[nH]c2c1)N1CCSCC1. The van der Waals surface area contributed by atoms with Crippen molar-refractivity contribution >= 4 is 28.6 Å². The van der Waals surface area contributed by atoms with Gasteiger partial charge in [0.15, 0.2) is 0 Å². The topological polar surface area (TPSA) is 42.6 Å². The van der Waals surface area contributed by atoms with E-state index >= 15 is 0 Å². The molecule has 5 rings (SSSR count). The van der Waals surface area contributed by atoms with Crippen molar-refractivity contribution in [3.05, 3.63) is 35.5 Å². The molecule has 0 radical (unpaired) electrons. The average molecular weight is 427 g/mol. The van der Waals surface area contributed by atoms with Gasteiger partial charge in [0.25, 0.3) is 5.91 Å². The zero-order chi connectivity index (χ0) is 20.3. The first-order valence-corrected chi connectivity index (χ1v) is 12.9. The minimum atomic E-state index is 0.174. The number of piperidine rings is 2. The molecule has 0 unspecified atom stereocenters. The van der Waals surface area contributed by atoms with Crippen molar-refractivity contribution in [1.82, 2.24) is 19.7 Å². The second-order valence-electron chi connectivity index (χ2n) is 9.08. The van der Waals surface area contributed by atoms with Gasteiger partial charge in [-0.05, 0) is 69.6 Å². The van der Waals surface area contributed by atoms with E-state index in [1.54, 1.807) is 0 Å². The molecule has 3 aliphatic heterocycles. The van der Waals surface area contributed by atoms with Crippen LogP contribution < -0.4 is 0 Å². The molecule has 1 amide bonds. The van der Waals surface area contributed by atoms with Gasteiger partial charge in [-0.3, -0.25) is 9.69 Å². The van der Waals surface area contributed by atoms with Crippen LogP contribution in [0.2, 0.25) is 0 Å². The van der Waals surface area contributed by atoms with Crippen molar-refractivity contribution in [2.24, 2.45) is 0 Å². The van der Waals surface area contributed by atoms with Crippen LogP contribution >= 0.6 is 11.8 Å². The van der Waals surface area contributed by atoms with Crippen LogP contribution in [0.5, 0.6) is 0 Å². The zero-order valence-electron chi connectivity index (χ0n) is 17.9. The Bertz CT molecular complexity index is 861. The van der Waals surface area contributed by atoms with E-state index < -0.39 is 0 Å². The third-order valence-electron chi connectivity index (χ3n) is 7.17. The Kier molecular flexibility index (Phi) is 6.34. The lowest BCUT2D eigenvalue weighted by Gasteiger charge is -2.40. The van der Waals surface area contributed by atoms with E-state index in [-0.39, 0.29) is 5.91 Å². The molecule has 3 saturated heterocycles. The lowest BCUT2D eigenvalue weighted by atomic mass is 9.99. The standard InChI is InChI=1S/C24H34N4OS/c29-24(28-12-14-30-15-13-28)19-4-5-22-20(17-25-23(22)16-19)18-26-10-6-21(7-11-26)27-8-2-1-3-9-27/h4-5,16-17,21,25H,1-3,6-15,18H2. The van der Waals surface area contributed by atoms with Crippen molar-refractivity contribution < 1.29 is 4.79 Å². The molecule has 30 heavy (non-hydrogen) atoms. The summed E-state index contributed by atoms with van der Waals surface area (Å²) >= 11 is 1.93. The highest BCUT2D eigenvalue weighted by Gasteiger charge is 2.26. The summed E-state index contributed by atoms with van der Waals surface area (Å²) in [5, 5.41) is 1.26. The van der Waals surface area contributed by atoms with Gasteiger partial charge < -0.3 is 14.8 Å². The van der Waals surface area contributed by atoms with Crippen LogP contribution in [-0.4, -0.2) is 82.4 Å². The number of amides is 1. The lowest BCUT2D eigenvalue weighted by Crippen LogP contribution is -2.46. The number of hydrogen-bond donors (Lipinski definition) is 1. The maximum atomic E-state index is 12.8. The molecule has 5 nitrogen and oxygen atoms in total. The smallest absolute Gasteiger partial charge is 0.253 e. The summed E-state index contributed by atoms with van der Waals surface area (Å²) in [6.45, 7) is 7.74. The number of thioether (sulfide) groups is 1. The van der Waals surface area contributed by atoms with Crippen LogP contribution in [0.25, 0.3) is 10.9 Å². The fourth-order valence-electron chi connectivity index (χ4n) is 5.37. The van der Waals surface area contributed by atoms with Crippen molar-refractivity contribution in [2.75, 3.05) is 50.8 Å². The number of nitrogens with one attached hydrogen (secondary N) is 1. The van der Waals surface area contributed by atoms with Gasteiger partial charge in [-0.1, -0.05) is 12.5 Å². The van der Waals surface area contributed by atoms with E-state index in [4.69, 9.17) is 0 Å². The van der Waals surface area contributed by atoms with Crippen LogP contribution in [0.1, 0.15) is 48.0 Å². The zero-order valence-corrected chi connectivity index (χ0v) is 18.8. The molecule has 1 N–H and O–H groups in total. The number of likely N-dealkylation sites (tertiary alicyclic amines) is 2. The molecule has 1 aromatic heterocycles. The Labute approximate surface area is 184 Å². The highest BCUT2D eigenvalue weighted by atomic mass is 32.2. The molecule has 162 valence electrons. The first-order valence-electron chi connectivity index (χ1n) is 11.7. The fourth-order valence-corrected chi connectivity index (χ4v) is 6.27. The summed E-state index contributed by atoms with van der Waals surface area (Å²) in [5.74, 6) is 2.28. The Balaban J connectivity index is 1.21. The number of carbonyl (C=O) groups excluding carboxylic acids is 1. The fraction of sp³-hybridized carbons (Fsp3) is 0.625. The van der Waals surface area contributed by atoms with Crippen molar-refractivity contribution in [3.8, 4) is 0 Å². The largest absolute Gasteiger partial charge is 0.361 e. The highest BCUT2D eigenvalue weighted by molar-refractivity contribution is 7.99. The van der Waals surface area contributed by atoms with Gasteiger partial charge in [-0.25, -0.2) is 0 Å². The number of hydrogen-bond acceptors (Lipinski definition) is 4. The number of carbonyl (C=O) groups is 1. The van der Waals surface area contributed by atoms with Gasteiger partial charge in [0.2, 0.25) is 0 Å². The number of benzene rings is 1. The molecular formula is C24H34N4OS. The predicted octanol–water partition coefficient (Wildman–Crippen LogP) is 3.81. The number of aromatic nitrogens is 1. The minimum absolute atomic E-state index is 0.174. The van der Waals surface area contributed by atoms with Gasteiger partial charge in [0, 0.05) is 59.8 Å². The van der Waals surface area contributed by atoms with Crippen LogP contribution in [0.15, 0.2) is 24.4 Å². The lowest BCUT2D eigenvalue weighted by molar-refractivity contribution is 0.0772. The molecule has 3 fully saturated rings. The third kappa shape index (κ3) is 4.41. The van der Waals surface area contributed by atoms with E-state index in [0.717, 1.165) is 48.3 Å². The van der Waals surface area contributed by atoms with Crippen LogP contribution in [0.3, 0.4) is 0 Å². The maximum absolute atomic E-state index is 12.8. The Morgan fingerprint density at radius 1 is 1.00 bits per heavy atom. The summed E-state index contributed by atoms with van der Waals surface area (Å²) in [6, 6.07) is 7.01. The number of aromatic amines is 1. The first kappa shape index (κ1) is 20.4. The quantitative estimate of drug-likeness (QED) is 0.807. The van der Waals surface area contributed by atoms with Gasteiger partial charge in [0.05, 0.1) is 0 Å². The maximum Gasteiger partial charge on any atom is 0.253 e. The Hall–Kier alpha value is -1.50. The number of fused-ring (bicyclic) bond motifs is 1. The molecule has 4 heterocycles. The molecule has 1 aromatic carbocycles. The van der Waals surface area contributed by atoms with Crippen molar-refractivity contribution in [2.45, 2.75) is 44.7 Å². The molecule has 0 saturated carbocycles. The molecule has 0 spiro atoms. The van der Waals surface area contributed by atoms with Crippen LogP contribution in [0, 0.1) is 0 Å². The van der Waals surface area contributed by atoms with Gasteiger partial charge in [-0.2, -0.15) is 11.8 Å². The van der Waals surface area contributed by atoms with Gasteiger partial charge >= 0.3 is 0 Å². The second kappa shape index (κ2) is 9.33. The molecule has 0 atom stereocenters. The molecule has 0 aliphatic carbocycles. The number of rotatable bonds is 4. The Morgan fingerprint density at radius 3 is 2.53 bits per heavy atom. The van der Waals surface area contributed by atoms with E-state index in [0.29, 0.717) is 0 Å². The first-order chi connectivity index (χ1) is 14.8. The Morgan fingerprint density at radius 2 is 1.77 bits per heavy atom. The highest BCUT2D eigenvalue weighted by Crippen LogP contribution is 2.26. The molecular weight excluding hydrogens is 392 g/mol.